The second-order valence-corrected chi connectivity index (χ2v) is 10.4. The van der Waals surface area contributed by atoms with Gasteiger partial charge in [-0.2, -0.15) is 0 Å². The fraction of sp³-hybridized carbons (Fsp3) is 0.435. The molecule has 2 aliphatic carbocycles. The SMILES string of the molecule is O=C(CSc1nnc(-c2cccs2)n1C1CC1)Nc1ccc2c(c1)OC1(CCCCC1)O2. The average Bonchev–Trinajstić information content (AvgIpc) is 3.19. The van der Waals surface area contributed by atoms with E-state index in [-0.39, 0.29) is 11.7 Å². The summed E-state index contributed by atoms with van der Waals surface area (Å²) in [6.07, 6.45) is 7.56. The van der Waals surface area contributed by atoms with Crippen LogP contribution in [0.1, 0.15) is 51.0 Å². The number of fused-ring (bicyclic) bond motifs is 1. The molecule has 0 bridgehead atoms. The summed E-state index contributed by atoms with van der Waals surface area (Å²) in [7, 11) is 0. The molecule has 1 amide bonds. The molecule has 0 atom stereocenters. The van der Waals surface area contributed by atoms with Crippen LogP contribution in [-0.4, -0.2) is 32.2 Å². The fourth-order valence-corrected chi connectivity index (χ4v) is 5.92. The van der Waals surface area contributed by atoms with E-state index in [2.05, 4.69) is 26.1 Å². The highest BCUT2D eigenvalue weighted by atomic mass is 32.2. The van der Waals surface area contributed by atoms with Crippen molar-refractivity contribution in [3.05, 3.63) is 35.7 Å². The number of hydrogen-bond donors (Lipinski definition) is 1. The molecule has 1 aromatic carbocycles. The topological polar surface area (TPSA) is 78.3 Å². The van der Waals surface area contributed by atoms with Gasteiger partial charge in [0, 0.05) is 30.6 Å². The van der Waals surface area contributed by atoms with Gasteiger partial charge in [-0.05, 0) is 49.3 Å². The Balaban J connectivity index is 1.11. The molecule has 1 N–H and O–H groups in total. The maximum atomic E-state index is 12.7. The van der Waals surface area contributed by atoms with Gasteiger partial charge in [0.05, 0.1) is 10.6 Å². The minimum absolute atomic E-state index is 0.0794. The molecule has 2 fully saturated rings. The van der Waals surface area contributed by atoms with Gasteiger partial charge < -0.3 is 14.8 Å². The largest absolute Gasteiger partial charge is 0.448 e. The summed E-state index contributed by atoms with van der Waals surface area (Å²) in [6.45, 7) is 0. The Morgan fingerprint density at radius 3 is 2.78 bits per heavy atom. The normalized spacial score (nSPS) is 18.8. The molecule has 9 heteroatoms. The number of carbonyl (C=O) groups is 1. The van der Waals surface area contributed by atoms with E-state index in [0.29, 0.717) is 17.5 Å². The number of thiophene rings is 1. The molecule has 2 saturated carbocycles. The maximum absolute atomic E-state index is 12.7. The number of benzene rings is 1. The van der Waals surface area contributed by atoms with E-state index in [9.17, 15) is 4.79 Å². The average molecular weight is 469 g/mol. The third kappa shape index (κ3) is 3.88. The van der Waals surface area contributed by atoms with Crippen molar-refractivity contribution in [2.45, 2.75) is 61.9 Å². The van der Waals surface area contributed by atoms with Crippen LogP contribution >= 0.6 is 23.1 Å². The van der Waals surface area contributed by atoms with Crippen molar-refractivity contribution < 1.29 is 14.3 Å². The van der Waals surface area contributed by atoms with Crippen LogP contribution in [0.3, 0.4) is 0 Å². The van der Waals surface area contributed by atoms with Gasteiger partial charge in [0.1, 0.15) is 0 Å². The van der Waals surface area contributed by atoms with Crippen molar-refractivity contribution >= 4 is 34.7 Å². The molecule has 166 valence electrons. The number of nitrogens with zero attached hydrogens (tertiary/aromatic N) is 3. The predicted octanol–water partition coefficient (Wildman–Crippen LogP) is 5.50. The monoisotopic (exact) mass is 468 g/mol. The second kappa shape index (κ2) is 8.12. The van der Waals surface area contributed by atoms with Crippen LogP contribution < -0.4 is 14.8 Å². The minimum atomic E-state index is -0.508. The third-order valence-corrected chi connectivity index (χ3v) is 7.89. The molecular formula is C23H24N4O3S2. The van der Waals surface area contributed by atoms with Crippen LogP contribution in [0.25, 0.3) is 10.7 Å². The van der Waals surface area contributed by atoms with Crippen LogP contribution in [0.5, 0.6) is 11.5 Å². The van der Waals surface area contributed by atoms with Gasteiger partial charge in [-0.1, -0.05) is 24.2 Å². The first-order valence-corrected chi connectivity index (χ1v) is 13.0. The highest BCUT2D eigenvalue weighted by Gasteiger charge is 2.42. The van der Waals surface area contributed by atoms with Crippen molar-refractivity contribution in [2.75, 3.05) is 11.1 Å². The van der Waals surface area contributed by atoms with E-state index < -0.39 is 5.79 Å². The number of anilines is 1. The molecule has 32 heavy (non-hydrogen) atoms. The van der Waals surface area contributed by atoms with Crippen LogP contribution in [0, 0.1) is 0 Å². The molecule has 0 radical (unpaired) electrons. The summed E-state index contributed by atoms with van der Waals surface area (Å²) in [5.41, 5.74) is 0.716. The third-order valence-electron chi connectivity index (χ3n) is 6.09. The summed E-state index contributed by atoms with van der Waals surface area (Å²) in [4.78, 5) is 13.8. The smallest absolute Gasteiger partial charge is 0.251 e. The predicted molar refractivity (Wildman–Crippen MR) is 124 cm³/mol. The summed E-state index contributed by atoms with van der Waals surface area (Å²) in [5.74, 6) is 2.06. The Kier molecular flexibility index (Phi) is 5.10. The van der Waals surface area contributed by atoms with Gasteiger partial charge in [0.2, 0.25) is 5.91 Å². The van der Waals surface area contributed by atoms with Crippen LogP contribution in [0.15, 0.2) is 40.9 Å². The Morgan fingerprint density at radius 1 is 1.16 bits per heavy atom. The molecule has 7 nitrogen and oxygen atoms in total. The zero-order chi connectivity index (χ0) is 21.5. The fourth-order valence-electron chi connectivity index (χ4n) is 4.40. The molecule has 3 aromatic rings. The molecule has 0 unspecified atom stereocenters. The zero-order valence-electron chi connectivity index (χ0n) is 17.6. The van der Waals surface area contributed by atoms with E-state index >= 15 is 0 Å². The first-order chi connectivity index (χ1) is 15.7. The number of carbonyl (C=O) groups excluding carboxylic acids is 1. The second-order valence-electron chi connectivity index (χ2n) is 8.56. The summed E-state index contributed by atoms with van der Waals surface area (Å²) >= 11 is 3.09. The lowest BCUT2D eigenvalue weighted by atomic mass is 9.94. The number of thioether (sulfide) groups is 1. The van der Waals surface area contributed by atoms with E-state index in [0.717, 1.165) is 60.1 Å². The molecule has 0 saturated heterocycles. The number of ether oxygens (including phenoxy) is 2. The van der Waals surface area contributed by atoms with E-state index in [1.165, 1.54) is 18.2 Å². The lowest BCUT2D eigenvalue weighted by Crippen LogP contribution is -2.40. The number of nitrogens with one attached hydrogen (secondary N) is 1. The van der Waals surface area contributed by atoms with E-state index in [1.54, 1.807) is 11.3 Å². The molecule has 1 aliphatic heterocycles. The first kappa shape index (κ1) is 20.1. The highest BCUT2D eigenvalue weighted by molar-refractivity contribution is 7.99. The van der Waals surface area contributed by atoms with E-state index in [4.69, 9.17) is 9.47 Å². The lowest BCUT2D eigenvalue weighted by molar-refractivity contribution is -0.113. The lowest BCUT2D eigenvalue weighted by Gasteiger charge is -2.31. The highest BCUT2D eigenvalue weighted by Crippen LogP contribution is 2.46. The molecule has 2 aromatic heterocycles. The zero-order valence-corrected chi connectivity index (χ0v) is 19.2. The van der Waals surface area contributed by atoms with Crippen molar-refractivity contribution in [3.8, 4) is 22.2 Å². The maximum Gasteiger partial charge on any atom is 0.251 e. The molecule has 1 spiro atoms. The Morgan fingerprint density at radius 2 is 2.00 bits per heavy atom. The number of rotatable bonds is 6. The van der Waals surface area contributed by atoms with Gasteiger partial charge in [0.15, 0.2) is 22.5 Å². The van der Waals surface area contributed by atoms with Crippen molar-refractivity contribution in [1.82, 2.24) is 14.8 Å². The molecular weight excluding hydrogens is 444 g/mol. The van der Waals surface area contributed by atoms with Gasteiger partial charge in [-0.25, -0.2) is 0 Å². The first-order valence-electron chi connectivity index (χ1n) is 11.1. The van der Waals surface area contributed by atoms with Crippen molar-refractivity contribution in [1.29, 1.82) is 0 Å². The Labute approximate surface area is 194 Å². The molecule has 3 heterocycles. The molecule has 6 rings (SSSR count). The van der Waals surface area contributed by atoms with Crippen molar-refractivity contribution in [3.63, 3.8) is 0 Å². The quantitative estimate of drug-likeness (QED) is 0.481. The van der Waals surface area contributed by atoms with Gasteiger partial charge in [-0.15, -0.1) is 21.5 Å². The van der Waals surface area contributed by atoms with Crippen molar-refractivity contribution in [2.24, 2.45) is 0 Å². The van der Waals surface area contributed by atoms with Gasteiger partial charge >= 0.3 is 0 Å². The molecule has 3 aliphatic rings. The number of aromatic nitrogens is 3. The summed E-state index contributed by atoms with van der Waals surface area (Å²) < 4.78 is 14.5. The van der Waals surface area contributed by atoms with Crippen LogP contribution in [0.4, 0.5) is 5.69 Å². The van der Waals surface area contributed by atoms with E-state index in [1.807, 2.05) is 29.6 Å². The summed E-state index contributed by atoms with van der Waals surface area (Å²) in [6, 6.07) is 10.1. The summed E-state index contributed by atoms with van der Waals surface area (Å²) in [5, 5.41) is 14.6. The van der Waals surface area contributed by atoms with Gasteiger partial charge in [-0.3, -0.25) is 9.36 Å². The standard InChI is InChI=1S/C23H24N4O3S2/c28-20(14-32-22-26-25-21(19-5-4-12-31-19)27(22)16-7-8-16)24-15-6-9-17-18(13-15)30-23(29-17)10-2-1-3-11-23/h4-6,9,12-13,16H,1-3,7-8,10-11,14H2,(H,24,28). The minimum Gasteiger partial charge on any atom is -0.448 e. The van der Waals surface area contributed by atoms with Gasteiger partial charge in [0.25, 0.3) is 5.79 Å². The Bertz CT molecular complexity index is 1130. The Hall–Kier alpha value is -2.52. The number of amides is 1. The number of hydrogen-bond acceptors (Lipinski definition) is 7. The van der Waals surface area contributed by atoms with Crippen LogP contribution in [0.2, 0.25) is 0 Å². The van der Waals surface area contributed by atoms with Crippen LogP contribution in [-0.2, 0) is 4.79 Å².